The van der Waals surface area contributed by atoms with Gasteiger partial charge in [0.2, 0.25) is 5.91 Å². The molecular formula is C13H23F3N4O. The summed E-state index contributed by atoms with van der Waals surface area (Å²) in [5.74, 6) is -0.589. The lowest BCUT2D eigenvalue weighted by Gasteiger charge is -2.19. The van der Waals surface area contributed by atoms with Crippen LogP contribution in [0.1, 0.15) is 38.5 Å². The van der Waals surface area contributed by atoms with Crippen molar-refractivity contribution in [3.05, 3.63) is 0 Å². The number of carbonyl (C=O) groups is 1. The number of guanidine groups is 1. The number of hydrogen-bond acceptors (Lipinski definition) is 2. The Kier molecular flexibility index (Phi) is 6.77. The van der Waals surface area contributed by atoms with Crippen molar-refractivity contribution in [1.29, 1.82) is 0 Å². The molecule has 5 nitrogen and oxygen atoms in total. The zero-order valence-electron chi connectivity index (χ0n) is 12.2. The number of carbonyl (C=O) groups excluding carboxylic acids is 1. The second-order valence-corrected chi connectivity index (χ2v) is 5.40. The summed E-state index contributed by atoms with van der Waals surface area (Å²) in [7, 11) is 1.10. The zero-order valence-corrected chi connectivity index (χ0v) is 12.2. The summed E-state index contributed by atoms with van der Waals surface area (Å²) >= 11 is 0. The van der Waals surface area contributed by atoms with Crippen molar-refractivity contribution in [1.82, 2.24) is 10.2 Å². The molecule has 0 atom stereocenters. The van der Waals surface area contributed by atoms with E-state index in [-0.39, 0.29) is 18.5 Å². The van der Waals surface area contributed by atoms with Crippen molar-refractivity contribution in [3.63, 3.8) is 0 Å². The first-order valence-corrected chi connectivity index (χ1v) is 7.15. The Balaban J connectivity index is 2.38. The summed E-state index contributed by atoms with van der Waals surface area (Å²) in [5.41, 5.74) is 5.68. The lowest BCUT2D eigenvalue weighted by atomic mass is 10.1. The van der Waals surface area contributed by atoms with Crippen molar-refractivity contribution in [2.75, 3.05) is 20.1 Å². The van der Waals surface area contributed by atoms with Gasteiger partial charge in [-0.15, -0.1) is 0 Å². The van der Waals surface area contributed by atoms with Gasteiger partial charge in [-0.05, 0) is 12.8 Å². The van der Waals surface area contributed by atoms with Crippen molar-refractivity contribution in [3.8, 4) is 0 Å². The molecule has 0 saturated heterocycles. The molecule has 1 amide bonds. The highest BCUT2D eigenvalue weighted by Gasteiger charge is 2.31. The number of hydrogen-bond donors (Lipinski definition) is 2. The van der Waals surface area contributed by atoms with Crippen LogP contribution in [0.2, 0.25) is 0 Å². The molecule has 0 radical (unpaired) electrons. The molecule has 0 heterocycles. The van der Waals surface area contributed by atoms with E-state index in [9.17, 15) is 18.0 Å². The topological polar surface area (TPSA) is 70.7 Å². The lowest BCUT2D eigenvalue weighted by molar-refractivity contribution is -0.157. The number of rotatable bonds is 4. The maximum atomic E-state index is 12.1. The maximum absolute atomic E-state index is 12.1. The average Bonchev–Trinajstić information content (AvgIpc) is 2.62. The highest BCUT2D eigenvalue weighted by atomic mass is 19.4. The fourth-order valence-electron chi connectivity index (χ4n) is 2.31. The number of nitrogens with zero attached hydrogens (tertiary/aromatic N) is 2. The van der Waals surface area contributed by atoms with E-state index in [0.29, 0.717) is 4.90 Å². The molecule has 1 fully saturated rings. The molecule has 1 aliphatic rings. The van der Waals surface area contributed by atoms with E-state index >= 15 is 0 Å². The fraction of sp³-hybridized carbons (Fsp3) is 0.846. The van der Waals surface area contributed by atoms with Crippen LogP contribution in [-0.4, -0.2) is 49.1 Å². The van der Waals surface area contributed by atoms with Crippen molar-refractivity contribution in [2.24, 2.45) is 10.7 Å². The van der Waals surface area contributed by atoms with Crippen LogP contribution in [0.5, 0.6) is 0 Å². The maximum Gasteiger partial charge on any atom is 0.406 e. The quantitative estimate of drug-likeness (QED) is 0.471. The molecule has 0 unspecified atom stereocenters. The summed E-state index contributed by atoms with van der Waals surface area (Å²) in [5, 5.41) is 3.04. The normalized spacial score (nSPS) is 18.2. The average molecular weight is 308 g/mol. The van der Waals surface area contributed by atoms with Crippen LogP contribution in [0.15, 0.2) is 4.99 Å². The highest BCUT2D eigenvalue weighted by Crippen LogP contribution is 2.17. The Labute approximate surface area is 122 Å². The molecule has 0 bridgehead atoms. The third-order valence-electron chi connectivity index (χ3n) is 3.43. The Morgan fingerprint density at radius 2 is 1.86 bits per heavy atom. The summed E-state index contributed by atoms with van der Waals surface area (Å²) in [4.78, 5) is 15.9. The second-order valence-electron chi connectivity index (χ2n) is 5.40. The predicted molar refractivity (Wildman–Crippen MR) is 74.8 cm³/mol. The second kappa shape index (κ2) is 8.09. The van der Waals surface area contributed by atoms with Gasteiger partial charge in [0, 0.05) is 13.1 Å². The van der Waals surface area contributed by atoms with Gasteiger partial charge >= 0.3 is 6.18 Å². The molecule has 1 saturated carbocycles. The summed E-state index contributed by atoms with van der Waals surface area (Å²) in [6.45, 7) is -1.66. The molecule has 3 N–H and O–H groups in total. The van der Waals surface area contributed by atoms with Gasteiger partial charge in [-0.3, -0.25) is 4.79 Å². The van der Waals surface area contributed by atoms with Gasteiger partial charge in [0.15, 0.2) is 5.96 Å². The number of halogens is 3. The van der Waals surface area contributed by atoms with E-state index in [0.717, 1.165) is 32.7 Å². The molecule has 8 heteroatoms. The molecule has 0 aromatic rings. The Bertz CT molecular complexity index is 363. The van der Waals surface area contributed by atoms with E-state index in [4.69, 9.17) is 5.73 Å². The van der Waals surface area contributed by atoms with Crippen molar-refractivity contribution >= 4 is 11.9 Å². The predicted octanol–water partition coefficient (Wildman–Crippen LogP) is 1.63. The molecule has 122 valence electrons. The van der Waals surface area contributed by atoms with Gasteiger partial charge in [-0.1, -0.05) is 25.7 Å². The SMILES string of the molecule is CN(CC(F)(F)F)C(=O)CN=C(N)NC1CCCCCC1. The molecule has 0 aliphatic heterocycles. The van der Waals surface area contributed by atoms with Gasteiger partial charge in [-0.2, -0.15) is 13.2 Å². The number of nitrogens with two attached hydrogens (primary N) is 1. The number of likely N-dealkylation sites (N-methyl/N-ethyl adjacent to an activating group) is 1. The van der Waals surface area contributed by atoms with E-state index < -0.39 is 18.6 Å². The number of alkyl halides is 3. The molecule has 21 heavy (non-hydrogen) atoms. The standard InChI is InChI=1S/C13H23F3N4O/c1-20(9-13(14,15)16)11(21)8-18-12(17)19-10-6-4-2-3-5-7-10/h10H,2-9H2,1H3,(H3,17,18,19). The summed E-state index contributed by atoms with van der Waals surface area (Å²) < 4.78 is 36.4. The Hall–Kier alpha value is -1.47. The molecular weight excluding hydrogens is 285 g/mol. The van der Waals surface area contributed by atoms with Crippen LogP contribution < -0.4 is 11.1 Å². The van der Waals surface area contributed by atoms with E-state index in [1.54, 1.807) is 0 Å². The van der Waals surface area contributed by atoms with Gasteiger partial charge in [-0.25, -0.2) is 4.99 Å². The Morgan fingerprint density at radius 1 is 1.29 bits per heavy atom. The minimum absolute atomic E-state index is 0.121. The van der Waals surface area contributed by atoms with Crippen LogP contribution >= 0.6 is 0 Å². The number of amides is 1. The summed E-state index contributed by atoms with van der Waals surface area (Å²) in [6, 6.07) is 0.235. The van der Waals surface area contributed by atoms with E-state index in [1.807, 2.05) is 0 Å². The molecule has 0 aromatic carbocycles. The smallest absolute Gasteiger partial charge is 0.370 e. The first-order valence-electron chi connectivity index (χ1n) is 7.15. The minimum atomic E-state index is -4.40. The van der Waals surface area contributed by atoms with Gasteiger partial charge in [0.1, 0.15) is 13.1 Å². The van der Waals surface area contributed by atoms with Gasteiger partial charge < -0.3 is 16.0 Å². The lowest BCUT2D eigenvalue weighted by Crippen LogP contribution is -2.41. The van der Waals surface area contributed by atoms with Gasteiger partial charge in [0.05, 0.1) is 0 Å². The molecule has 1 rings (SSSR count). The van der Waals surface area contributed by atoms with Crippen molar-refractivity contribution < 1.29 is 18.0 Å². The molecule has 0 spiro atoms. The van der Waals surface area contributed by atoms with Gasteiger partial charge in [0.25, 0.3) is 0 Å². The monoisotopic (exact) mass is 308 g/mol. The number of aliphatic imine (C=N–C) groups is 1. The highest BCUT2D eigenvalue weighted by molar-refractivity contribution is 5.84. The third-order valence-corrected chi connectivity index (χ3v) is 3.43. The first-order chi connectivity index (χ1) is 9.78. The molecule has 0 aromatic heterocycles. The van der Waals surface area contributed by atoms with Crippen LogP contribution in [0.25, 0.3) is 0 Å². The Morgan fingerprint density at radius 3 is 2.38 bits per heavy atom. The first kappa shape index (κ1) is 17.6. The number of nitrogens with one attached hydrogen (secondary N) is 1. The van der Waals surface area contributed by atoms with Crippen LogP contribution in [0.4, 0.5) is 13.2 Å². The van der Waals surface area contributed by atoms with E-state index in [1.165, 1.54) is 12.8 Å². The van der Waals surface area contributed by atoms with Crippen LogP contribution in [-0.2, 0) is 4.79 Å². The fourth-order valence-corrected chi connectivity index (χ4v) is 2.31. The third kappa shape index (κ3) is 7.77. The molecule has 1 aliphatic carbocycles. The summed E-state index contributed by atoms with van der Waals surface area (Å²) in [6.07, 6.45) is 2.25. The van der Waals surface area contributed by atoms with Crippen LogP contribution in [0.3, 0.4) is 0 Å². The largest absolute Gasteiger partial charge is 0.406 e. The van der Waals surface area contributed by atoms with E-state index in [2.05, 4.69) is 10.3 Å². The minimum Gasteiger partial charge on any atom is -0.370 e. The van der Waals surface area contributed by atoms with Crippen LogP contribution in [0, 0.1) is 0 Å². The van der Waals surface area contributed by atoms with Crippen molar-refractivity contribution in [2.45, 2.75) is 50.7 Å². The zero-order chi connectivity index (χ0) is 15.9.